The summed E-state index contributed by atoms with van der Waals surface area (Å²) in [5.41, 5.74) is 4.65. The van der Waals surface area contributed by atoms with Crippen LogP contribution in [0.25, 0.3) is 11.3 Å². The van der Waals surface area contributed by atoms with Crippen molar-refractivity contribution in [2.45, 2.75) is 13.2 Å². The molecule has 3 aromatic rings. The number of aryl methyl sites for hydroxylation is 1. The van der Waals surface area contributed by atoms with Crippen LogP contribution in [0.5, 0.6) is 0 Å². The number of halogens is 1. The quantitative estimate of drug-likeness (QED) is 0.552. The third-order valence-corrected chi connectivity index (χ3v) is 4.57. The summed E-state index contributed by atoms with van der Waals surface area (Å²) in [6, 6.07) is 18.3. The summed E-state index contributed by atoms with van der Waals surface area (Å²) in [7, 11) is 4.05. The van der Waals surface area contributed by atoms with E-state index in [0.717, 1.165) is 23.8 Å². The fourth-order valence-electron chi connectivity index (χ4n) is 2.96. The Morgan fingerprint density at radius 2 is 1.96 bits per heavy atom. The second kappa shape index (κ2) is 8.99. The standard InChI is InChI=1S/C21H24ClN3O/c1-24(15-17-6-5-8-19(22)14-17)12-13-26-16-18-7-3-4-9-20(18)21-10-11-23-25(21)2/h3-11,14H,12-13,15-16H2,1-2H3. The van der Waals surface area contributed by atoms with E-state index < -0.39 is 0 Å². The molecule has 0 aliphatic carbocycles. The van der Waals surface area contributed by atoms with Crippen LogP contribution in [0.3, 0.4) is 0 Å². The van der Waals surface area contributed by atoms with E-state index in [0.29, 0.717) is 13.2 Å². The minimum absolute atomic E-state index is 0.590. The highest BCUT2D eigenvalue weighted by molar-refractivity contribution is 6.30. The van der Waals surface area contributed by atoms with Crippen molar-refractivity contribution in [3.05, 3.63) is 76.9 Å². The van der Waals surface area contributed by atoms with Crippen LogP contribution in [0.2, 0.25) is 5.02 Å². The van der Waals surface area contributed by atoms with Gasteiger partial charge in [-0.25, -0.2) is 0 Å². The van der Waals surface area contributed by atoms with Crippen molar-refractivity contribution in [1.29, 1.82) is 0 Å². The molecule has 26 heavy (non-hydrogen) atoms. The predicted octanol–water partition coefficient (Wildman–Crippen LogP) is 4.39. The van der Waals surface area contributed by atoms with Gasteiger partial charge in [0.05, 0.1) is 18.9 Å². The van der Waals surface area contributed by atoms with Crippen LogP contribution in [0.15, 0.2) is 60.8 Å². The lowest BCUT2D eigenvalue weighted by Gasteiger charge is -2.17. The van der Waals surface area contributed by atoms with Crippen LogP contribution in [0, 0.1) is 0 Å². The molecule has 0 atom stereocenters. The highest BCUT2D eigenvalue weighted by atomic mass is 35.5. The van der Waals surface area contributed by atoms with E-state index in [2.05, 4.69) is 35.2 Å². The fraction of sp³-hybridized carbons (Fsp3) is 0.286. The number of nitrogens with zero attached hydrogens (tertiary/aromatic N) is 3. The molecule has 2 aromatic carbocycles. The molecular formula is C21H24ClN3O. The maximum absolute atomic E-state index is 6.04. The molecule has 0 aliphatic heterocycles. The van der Waals surface area contributed by atoms with E-state index in [-0.39, 0.29) is 0 Å². The summed E-state index contributed by atoms with van der Waals surface area (Å²) >= 11 is 6.04. The Labute approximate surface area is 160 Å². The summed E-state index contributed by atoms with van der Waals surface area (Å²) in [6.45, 7) is 2.99. The minimum atomic E-state index is 0.590. The Kier molecular flexibility index (Phi) is 6.45. The zero-order valence-electron chi connectivity index (χ0n) is 15.2. The summed E-state index contributed by atoms with van der Waals surface area (Å²) in [5, 5.41) is 5.04. The van der Waals surface area contributed by atoms with Gasteiger partial charge >= 0.3 is 0 Å². The number of hydrogen-bond acceptors (Lipinski definition) is 3. The van der Waals surface area contributed by atoms with Crippen LogP contribution < -0.4 is 0 Å². The van der Waals surface area contributed by atoms with Crippen molar-refractivity contribution in [3.63, 3.8) is 0 Å². The van der Waals surface area contributed by atoms with E-state index in [9.17, 15) is 0 Å². The molecule has 136 valence electrons. The monoisotopic (exact) mass is 369 g/mol. The van der Waals surface area contributed by atoms with Gasteiger partial charge in [-0.1, -0.05) is 48.0 Å². The molecular weight excluding hydrogens is 346 g/mol. The SMILES string of the molecule is CN(CCOCc1ccccc1-c1ccnn1C)Cc1cccc(Cl)c1. The number of hydrogen-bond donors (Lipinski definition) is 0. The van der Waals surface area contributed by atoms with Gasteiger partial charge in [0.25, 0.3) is 0 Å². The molecule has 0 unspecified atom stereocenters. The lowest BCUT2D eigenvalue weighted by Crippen LogP contribution is -2.22. The van der Waals surface area contributed by atoms with Crippen LogP contribution >= 0.6 is 11.6 Å². The Morgan fingerprint density at radius 3 is 2.73 bits per heavy atom. The van der Waals surface area contributed by atoms with Gasteiger partial charge in [-0.15, -0.1) is 0 Å². The first kappa shape index (κ1) is 18.6. The molecule has 0 saturated carbocycles. The molecule has 3 rings (SSSR count). The van der Waals surface area contributed by atoms with E-state index in [1.54, 1.807) is 0 Å². The molecule has 0 aliphatic rings. The third-order valence-electron chi connectivity index (χ3n) is 4.33. The summed E-state index contributed by atoms with van der Waals surface area (Å²) in [4.78, 5) is 2.23. The van der Waals surface area contributed by atoms with Crippen molar-refractivity contribution in [2.24, 2.45) is 7.05 Å². The van der Waals surface area contributed by atoms with Gasteiger partial charge in [-0.05, 0) is 36.4 Å². The Morgan fingerprint density at radius 1 is 1.12 bits per heavy atom. The number of rotatable bonds is 8. The first-order chi connectivity index (χ1) is 12.6. The Balaban J connectivity index is 1.50. The van der Waals surface area contributed by atoms with E-state index >= 15 is 0 Å². The molecule has 4 nitrogen and oxygen atoms in total. The average Bonchev–Trinajstić information content (AvgIpc) is 3.05. The van der Waals surface area contributed by atoms with Crippen LogP contribution in [0.4, 0.5) is 0 Å². The molecule has 0 radical (unpaired) electrons. The normalized spacial score (nSPS) is 11.2. The number of benzene rings is 2. The molecule has 0 amide bonds. The van der Waals surface area contributed by atoms with E-state index in [1.165, 1.54) is 16.7 Å². The molecule has 1 heterocycles. The molecule has 0 spiro atoms. The van der Waals surface area contributed by atoms with Crippen molar-refractivity contribution >= 4 is 11.6 Å². The van der Waals surface area contributed by atoms with Crippen LogP contribution in [0.1, 0.15) is 11.1 Å². The highest BCUT2D eigenvalue weighted by Gasteiger charge is 2.08. The zero-order valence-corrected chi connectivity index (χ0v) is 16.0. The zero-order chi connectivity index (χ0) is 18.4. The van der Waals surface area contributed by atoms with Crippen LogP contribution in [-0.2, 0) is 24.9 Å². The third kappa shape index (κ3) is 4.94. The molecule has 1 aromatic heterocycles. The Hall–Kier alpha value is -2.14. The van der Waals surface area contributed by atoms with Crippen molar-refractivity contribution in [3.8, 4) is 11.3 Å². The van der Waals surface area contributed by atoms with Crippen molar-refractivity contribution in [2.75, 3.05) is 20.2 Å². The molecule has 0 bridgehead atoms. The van der Waals surface area contributed by atoms with Crippen molar-refractivity contribution in [1.82, 2.24) is 14.7 Å². The van der Waals surface area contributed by atoms with Gasteiger partial charge in [0.1, 0.15) is 0 Å². The summed E-state index contributed by atoms with van der Waals surface area (Å²) < 4.78 is 7.82. The van der Waals surface area contributed by atoms with Gasteiger partial charge in [-0.2, -0.15) is 5.10 Å². The number of likely N-dealkylation sites (N-methyl/N-ethyl adjacent to an activating group) is 1. The fourth-order valence-corrected chi connectivity index (χ4v) is 3.18. The lowest BCUT2D eigenvalue weighted by atomic mass is 10.1. The number of aromatic nitrogens is 2. The van der Waals surface area contributed by atoms with E-state index in [4.69, 9.17) is 16.3 Å². The largest absolute Gasteiger partial charge is 0.375 e. The van der Waals surface area contributed by atoms with Gasteiger partial charge in [-0.3, -0.25) is 9.58 Å². The Bertz CT molecular complexity index is 847. The van der Waals surface area contributed by atoms with Gasteiger partial charge in [0.2, 0.25) is 0 Å². The second-order valence-electron chi connectivity index (χ2n) is 6.42. The number of ether oxygens (including phenoxy) is 1. The molecule has 5 heteroatoms. The minimum Gasteiger partial charge on any atom is -0.375 e. The molecule has 0 saturated heterocycles. The van der Waals surface area contributed by atoms with Gasteiger partial charge in [0.15, 0.2) is 0 Å². The second-order valence-corrected chi connectivity index (χ2v) is 6.85. The van der Waals surface area contributed by atoms with Crippen LogP contribution in [-0.4, -0.2) is 34.9 Å². The first-order valence-electron chi connectivity index (χ1n) is 8.70. The lowest BCUT2D eigenvalue weighted by molar-refractivity contribution is 0.0982. The predicted molar refractivity (Wildman–Crippen MR) is 106 cm³/mol. The smallest absolute Gasteiger partial charge is 0.0724 e. The summed E-state index contributed by atoms with van der Waals surface area (Å²) in [5.74, 6) is 0. The maximum atomic E-state index is 6.04. The first-order valence-corrected chi connectivity index (χ1v) is 9.08. The van der Waals surface area contributed by atoms with Gasteiger partial charge in [0, 0.05) is 36.9 Å². The highest BCUT2D eigenvalue weighted by Crippen LogP contribution is 2.23. The molecule has 0 fully saturated rings. The topological polar surface area (TPSA) is 30.3 Å². The maximum Gasteiger partial charge on any atom is 0.0724 e. The summed E-state index contributed by atoms with van der Waals surface area (Å²) in [6.07, 6.45) is 1.82. The van der Waals surface area contributed by atoms with Crippen molar-refractivity contribution < 1.29 is 4.74 Å². The van der Waals surface area contributed by atoms with E-state index in [1.807, 2.05) is 54.3 Å². The van der Waals surface area contributed by atoms with Gasteiger partial charge < -0.3 is 4.74 Å². The average molecular weight is 370 g/mol. The molecule has 0 N–H and O–H groups in total.